The summed E-state index contributed by atoms with van der Waals surface area (Å²) >= 11 is 3.28. The second-order valence-corrected chi connectivity index (χ2v) is 5.49. The van der Waals surface area contributed by atoms with E-state index in [-0.39, 0.29) is 24.3 Å². The third-order valence-corrected chi connectivity index (χ3v) is 3.71. The molecule has 21 heavy (non-hydrogen) atoms. The lowest BCUT2D eigenvalue weighted by Crippen LogP contribution is -2.34. The van der Waals surface area contributed by atoms with Crippen molar-refractivity contribution in [2.45, 2.75) is 0 Å². The number of halogens is 2. The second kappa shape index (κ2) is 5.29. The molecule has 1 N–H and O–H groups in total. The van der Waals surface area contributed by atoms with E-state index in [1.807, 2.05) is 0 Å². The first-order chi connectivity index (χ1) is 10.1. The van der Waals surface area contributed by atoms with Gasteiger partial charge in [-0.25, -0.2) is 4.39 Å². The van der Waals surface area contributed by atoms with Gasteiger partial charge < -0.3 is 5.32 Å². The normalized spacial score (nSPS) is 13.5. The summed E-state index contributed by atoms with van der Waals surface area (Å²) in [6, 6.07) is 10.7. The molecule has 6 heteroatoms. The van der Waals surface area contributed by atoms with Gasteiger partial charge in [0.2, 0.25) is 0 Å². The molecule has 0 saturated carbocycles. The molecule has 2 amide bonds. The van der Waals surface area contributed by atoms with Crippen molar-refractivity contribution in [1.29, 1.82) is 0 Å². The monoisotopic (exact) mass is 348 g/mol. The Labute approximate surface area is 128 Å². The van der Waals surface area contributed by atoms with Gasteiger partial charge in [-0.1, -0.05) is 15.9 Å². The molecule has 0 unspecified atom stereocenters. The molecule has 1 aliphatic heterocycles. The molecule has 0 radical (unpaired) electrons. The molecule has 0 bridgehead atoms. The number of hydrogen-bond donors (Lipinski definition) is 1. The van der Waals surface area contributed by atoms with Crippen molar-refractivity contribution < 1.29 is 14.0 Å². The van der Waals surface area contributed by atoms with Gasteiger partial charge in [-0.05, 0) is 42.5 Å². The minimum absolute atomic E-state index is 0.0373. The van der Waals surface area contributed by atoms with E-state index in [9.17, 15) is 14.0 Å². The summed E-state index contributed by atoms with van der Waals surface area (Å²) in [7, 11) is 0. The average molecular weight is 349 g/mol. The van der Waals surface area contributed by atoms with Gasteiger partial charge in [-0.15, -0.1) is 0 Å². The number of nitrogens with zero attached hydrogens (tertiary/aromatic N) is 1. The molecule has 1 heterocycles. The summed E-state index contributed by atoms with van der Waals surface area (Å²) in [5.41, 5.74) is 1.41. The molecule has 4 nitrogen and oxygen atoms in total. The number of carbonyl (C=O) groups is 2. The highest BCUT2D eigenvalue weighted by atomic mass is 79.9. The molecule has 3 rings (SSSR count). The highest BCUT2D eigenvalue weighted by Crippen LogP contribution is 2.25. The Morgan fingerprint density at radius 2 is 1.67 bits per heavy atom. The molecule has 0 aliphatic carbocycles. The van der Waals surface area contributed by atoms with Crippen LogP contribution in [0, 0.1) is 5.82 Å². The van der Waals surface area contributed by atoms with E-state index in [4.69, 9.17) is 0 Å². The van der Waals surface area contributed by atoms with Crippen LogP contribution in [-0.4, -0.2) is 23.4 Å². The van der Waals surface area contributed by atoms with Crippen LogP contribution in [-0.2, 0) is 0 Å². The standard InChI is InChI=1S/C15H10BrFN2O2/c16-9-1-6-12-13(7-9)15(21)19(14(12)20)8-18-11-4-2-10(17)3-5-11/h1-7,18H,8H2. The van der Waals surface area contributed by atoms with Crippen molar-refractivity contribution in [3.8, 4) is 0 Å². The molecular weight excluding hydrogens is 339 g/mol. The Morgan fingerprint density at radius 1 is 1.00 bits per heavy atom. The highest BCUT2D eigenvalue weighted by molar-refractivity contribution is 9.10. The van der Waals surface area contributed by atoms with E-state index in [1.165, 1.54) is 12.1 Å². The average Bonchev–Trinajstić information content (AvgIpc) is 2.70. The molecule has 0 fully saturated rings. The summed E-state index contributed by atoms with van der Waals surface area (Å²) in [6.45, 7) is 0.0373. The zero-order valence-corrected chi connectivity index (χ0v) is 12.4. The lowest BCUT2D eigenvalue weighted by Gasteiger charge is -2.15. The van der Waals surface area contributed by atoms with Crippen molar-refractivity contribution in [1.82, 2.24) is 4.90 Å². The van der Waals surface area contributed by atoms with Crippen LogP contribution >= 0.6 is 15.9 Å². The van der Waals surface area contributed by atoms with E-state index in [1.54, 1.807) is 30.3 Å². The minimum atomic E-state index is -0.342. The number of anilines is 1. The van der Waals surface area contributed by atoms with Gasteiger partial charge in [-0.3, -0.25) is 14.5 Å². The van der Waals surface area contributed by atoms with Gasteiger partial charge >= 0.3 is 0 Å². The Morgan fingerprint density at radius 3 is 2.38 bits per heavy atom. The summed E-state index contributed by atoms with van der Waals surface area (Å²) in [5, 5.41) is 2.93. The van der Waals surface area contributed by atoms with E-state index in [0.29, 0.717) is 16.8 Å². The summed E-state index contributed by atoms with van der Waals surface area (Å²) in [4.78, 5) is 25.5. The second-order valence-electron chi connectivity index (χ2n) is 4.57. The molecule has 0 aromatic heterocycles. The summed E-state index contributed by atoms with van der Waals surface area (Å²) in [5.74, 6) is -1.02. The predicted octanol–water partition coefficient (Wildman–Crippen LogP) is 3.25. The SMILES string of the molecule is O=C1c2ccc(Br)cc2C(=O)N1CNc1ccc(F)cc1. The van der Waals surface area contributed by atoms with E-state index in [2.05, 4.69) is 21.2 Å². The third kappa shape index (κ3) is 2.54. The quantitative estimate of drug-likeness (QED) is 0.866. The number of hydrogen-bond acceptors (Lipinski definition) is 3. The highest BCUT2D eigenvalue weighted by Gasteiger charge is 2.35. The third-order valence-electron chi connectivity index (χ3n) is 3.22. The maximum Gasteiger partial charge on any atom is 0.263 e. The fraction of sp³-hybridized carbons (Fsp3) is 0.0667. The largest absolute Gasteiger partial charge is 0.367 e. The zero-order chi connectivity index (χ0) is 15.0. The Balaban J connectivity index is 1.77. The fourth-order valence-corrected chi connectivity index (χ4v) is 2.51. The lowest BCUT2D eigenvalue weighted by atomic mass is 10.1. The van der Waals surface area contributed by atoms with Crippen LogP contribution in [0.25, 0.3) is 0 Å². The number of nitrogens with one attached hydrogen (secondary N) is 1. The van der Waals surface area contributed by atoms with Crippen molar-refractivity contribution in [2.24, 2.45) is 0 Å². The van der Waals surface area contributed by atoms with Crippen LogP contribution in [0.15, 0.2) is 46.9 Å². The maximum absolute atomic E-state index is 12.8. The zero-order valence-electron chi connectivity index (χ0n) is 10.8. The molecule has 2 aromatic rings. The molecule has 0 spiro atoms. The van der Waals surface area contributed by atoms with Crippen molar-refractivity contribution in [3.05, 3.63) is 63.9 Å². The Bertz CT molecular complexity index is 731. The topological polar surface area (TPSA) is 49.4 Å². The first kappa shape index (κ1) is 13.8. The van der Waals surface area contributed by atoms with Crippen molar-refractivity contribution >= 4 is 33.4 Å². The number of rotatable bonds is 3. The number of imide groups is 1. The molecule has 0 atom stereocenters. The maximum atomic E-state index is 12.8. The molecule has 1 aliphatic rings. The Kier molecular flexibility index (Phi) is 3.47. The van der Waals surface area contributed by atoms with Crippen LogP contribution in [0.2, 0.25) is 0 Å². The van der Waals surface area contributed by atoms with Gasteiger partial charge in [0.05, 0.1) is 17.8 Å². The lowest BCUT2D eigenvalue weighted by molar-refractivity contribution is 0.0666. The van der Waals surface area contributed by atoms with E-state index in [0.717, 1.165) is 9.37 Å². The number of amides is 2. The van der Waals surface area contributed by atoms with Gasteiger partial charge in [0.15, 0.2) is 0 Å². The van der Waals surface area contributed by atoms with E-state index < -0.39 is 0 Å². The Hall–Kier alpha value is -2.21. The van der Waals surface area contributed by atoms with Crippen molar-refractivity contribution in [2.75, 3.05) is 12.0 Å². The van der Waals surface area contributed by atoms with Gasteiger partial charge in [0, 0.05) is 10.2 Å². The van der Waals surface area contributed by atoms with Crippen LogP contribution in [0.1, 0.15) is 20.7 Å². The van der Waals surface area contributed by atoms with Gasteiger partial charge in [0.1, 0.15) is 5.82 Å². The van der Waals surface area contributed by atoms with Crippen LogP contribution in [0.4, 0.5) is 10.1 Å². The fourth-order valence-electron chi connectivity index (χ4n) is 2.14. The first-order valence-corrected chi connectivity index (χ1v) is 7.01. The van der Waals surface area contributed by atoms with Gasteiger partial charge in [-0.2, -0.15) is 0 Å². The molecule has 2 aromatic carbocycles. The minimum Gasteiger partial charge on any atom is -0.367 e. The molecule has 106 valence electrons. The molecular formula is C15H10BrFN2O2. The van der Waals surface area contributed by atoms with E-state index >= 15 is 0 Å². The van der Waals surface area contributed by atoms with Crippen molar-refractivity contribution in [3.63, 3.8) is 0 Å². The smallest absolute Gasteiger partial charge is 0.263 e. The predicted molar refractivity (Wildman–Crippen MR) is 79.5 cm³/mol. The number of benzene rings is 2. The van der Waals surface area contributed by atoms with Gasteiger partial charge in [0.25, 0.3) is 11.8 Å². The number of fused-ring (bicyclic) bond motifs is 1. The van der Waals surface area contributed by atoms with Crippen LogP contribution in [0.5, 0.6) is 0 Å². The van der Waals surface area contributed by atoms with Crippen LogP contribution < -0.4 is 5.32 Å². The summed E-state index contributed by atoms with van der Waals surface area (Å²) < 4.78 is 13.6. The molecule has 0 saturated heterocycles. The first-order valence-electron chi connectivity index (χ1n) is 6.21. The van der Waals surface area contributed by atoms with Crippen LogP contribution in [0.3, 0.4) is 0 Å². The number of carbonyl (C=O) groups excluding carboxylic acids is 2. The summed E-state index contributed by atoms with van der Waals surface area (Å²) in [6.07, 6.45) is 0.